The van der Waals surface area contributed by atoms with Crippen LogP contribution in [0.2, 0.25) is 0 Å². The maximum absolute atomic E-state index is 11.6. The number of hydrogen-bond acceptors (Lipinski definition) is 6. The average Bonchev–Trinajstić information content (AvgIpc) is 2.60. The monoisotopic (exact) mass is 259 g/mol. The quantitative estimate of drug-likeness (QED) is 0.695. The van der Waals surface area contributed by atoms with E-state index in [-0.39, 0.29) is 12.4 Å². The van der Waals surface area contributed by atoms with E-state index >= 15 is 0 Å². The van der Waals surface area contributed by atoms with E-state index in [9.17, 15) is 9.90 Å². The number of nitrogen functional groups attached to an aromatic ring is 1. The lowest BCUT2D eigenvalue weighted by molar-refractivity contribution is -0.0381. The first-order valence-electron chi connectivity index (χ1n) is 5.11. The standard InChI is InChI=1S/C9H14N3O4P/c10-7-1-2-12(9(14)11-7)8-3-5(13)6(16-8)4-15-17/h1-2,5-6,8,13H,3-4,17H2,(H2,10,11,14)/t5-,6-,8-/m1/s1. The Morgan fingerprint density at radius 3 is 3.18 bits per heavy atom. The van der Waals surface area contributed by atoms with Gasteiger partial charge in [0.1, 0.15) is 18.1 Å². The van der Waals surface area contributed by atoms with Gasteiger partial charge in [-0.2, -0.15) is 4.98 Å². The highest BCUT2D eigenvalue weighted by Crippen LogP contribution is 2.28. The Morgan fingerprint density at radius 2 is 2.53 bits per heavy atom. The third-order valence-corrected chi connectivity index (χ3v) is 2.82. The molecule has 17 heavy (non-hydrogen) atoms. The van der Waals surface area contributed by atoms with Crippen LogP contribution in [0.15, 0.2) is 17.1 Å². The largest absolute Gasteiger partial charge is 0.390 e. The molecule has 0 amide bonds. The van der Waals surface area contributed by atoms with Crippen LogP contribution >= 0.6 is 9.47 Å². The predicted molar refractivity (Wildman–Crippen MR) is 63.1 cm³/mol. The molecule has 2 heterocycles. The molecule has 1 aliphatic rings. The van der Waals surface area contributed by atoms with E-state index in [1.165, 1.54) is 16.8 Å². The summed E-state index contributed by atoms with van der Waals surface area (Å²) < 4.78 is 11.7. The SMILES string of the molecule is Nc1ccn([C@H]2C[C@@H](O)[C@@H](COP)O2)c(=O)n1. The van der Waals surface area contributed by atoms with Crippen molar-refractivity contribution in [3.8, 4) is 0 Å². The van der Waals surface area contributed by atoms with Crippen LogP contribution in [-0.4, -0.2) is 33.5 Å². The lowest BCUT2D eigenvalue weighted by Gasteiger charge is -2.14. The third-order valence-electron chi connectivity index (χ3n) is 2.63. The van der Waals surface area contributed by atoms with Crippen LogP contribution in [-0.2, 0) is 9.26 Å². The number of nitrogens with zero attached hydrogens (tertiary/aromatic N) is 2. The minimum absolute atomic E-state index is 0.162. The van der Waals surface area contributed by atoms with Gasteiger partial charge in [0.05, 0.1) is 12.7 Å². The van der Waals surface area contributed by atoms with Gasteiger partial charge >= 0.3 is 5.69 Å². The van der Waals surface area contributed by atoms with E-state index in [4.69, 9.17) is 15.0 Å². The summed E-state index contributed by atoms with van der Waals surface area (Å²) in [5.41, 5.74) is 4.90. The van der Waals surface area contributed by atoms with Crippen molar-refractivity contribution in [3.05, 3.63) is 22.7 Å². The molecule has 0 aromatic carbocycles. The number of ether oxygens (including phenoxy) is 1. The van der Waals surface area contributed by atoms with Gasteiger partial charge in [-0.05, 0) is 6.07 Å². The molecule has 0 saturated carbocycles. The molecule has 1 fully saturated rings. The lowest BCUT2D eigenvalue weighted by atomic mass is 10.2. The molecule has 1 unspecified atom stereocenters. The molecule has 8 heteroatoms. The molecule has 0 aliphatic carbocycles. The Hall–Kier alpha value is -1.01. The van der Waals surface area contributed by atoms with Gasteiger partial charge in [-0.25, -0.2) is 4.79 Å². The molecule has 1 aliphatic heterocycles. The van der Waals surface area contributed by atoms with Crippen molar-refractivity contribution in [1.82, 2.24) is 9.55 Å². The first-order valence-corrected chi connectivity index (χ1v) is 5.59. The van der Waals surface area contributed by atoms with Gasteiger partial charge in [-0.15, -0.1) is 0 Å². The normalized spacial score (nSPS) is 28.5. The smallest absolute Gasteiger partial charge is 0.351 e. The van der Waals surface area contributed by atoms with Crippen LogP contribution in [0.25, 0.3) is 0 Å². The number of nitrogens with two attached hydrogens (primary N) is 1. The molecular formula is C9H14N3O4P. The summed E-state index contributed by atoms with van der Waals surface area (Å²) in [6.07, 6.45) is 0.193. The van der Waals surface area contributed by atoms with E-state index < -0.39 is 24.1 Å². The summed E-state index contributed by atoms with van der Waals surface area (Å²) in [4.78, 5) is 15.2. The van der Waals surface area contributed by atoms with Crippen LogP contribution in [0.1, 0.15) is 12.6 Å². The highest BCUT2D eigenvalue weighted by atomic mass is 31.0. The molecule has 1 aromatic heterocycles. The van der Waals surface area contributed by atoms with Crippen molar-refractivity contribution in [2.24, 2.45) is 0 Å². The molecule has 3 N–H and O–H groups in total. The number of hydrogen-bond donors (Lipinski definition) is 2. The van der Waals surface area contributed by atoms with Gasteiger partial charge in [0, 0.05) is 22.1 Å². The molecular weight excluding hydrogens is 245 g/mol. The van der Waals surface area contributed by atoms with Gasteiger partial charge in [0.2, 0.25) is 0 Å². The molecule has 0 bridgehead atoms. The van der Waals surface area contributed by atoms with Crippen molar-refractivity contribution >= 4 is 15.3 Å². The zero-order chi connectivity index (χ0) is 12.4. The Balaban J connectivity index is 2.17. The van der Waals surface area contributed by atoms with Gasteiger partial charge in [-0.3, -0.25) is 4.57 Å². The van der Waals surface area contributed by atoms with Crippen LogP contribution in [0.5, 0.6) is 0 Å². The van der Waals surface area contributed by atoms with Gasteiger partial charge in [-0.1, -0.05) is 0 Å². The fraction of sp³-hybridized carbons (Fsp3) is 0.556. The second-order valence-electron chi connectivity index (χ2n) is 3.81. The topological polar surface area (TPSA) is 99.6 Å². The summed E-state index contributed by atoms with van der Waals surface area (Å²) in [6.45, 7) is 0.249. The lowest BCUT2D eigenvalue weighted by Crippen LogP contribution is -2.28. The maximum atomic E-state index is 11.6. The number of aromatic nitrogens is 2. The fourth-order valence-corrected chi connectivity index (χ4v) is 1.97. The average molecular weight is 259 g/mol. The summed E-state index contributed by atoms with van der Waals surface area (Å²) in [5, 5.41) is 9.72. The van der Waals surface area contributed by atoms with Crippen LogP contribution in [0.4, 0.5) is 5.82 Å². The maximum Gasteiger partial charge on any atom is 0.351 e. The molecule has 4 atom stereocenters. The van der Waals surface area contributed by atoms with Crippen LogP contribution in [0, 0.1) is 0 Å². The van der Waals surface area contributed by atoms with Crippen molar-refractivity contribution in [2.45, 2.75) is 24.9 Å². The summed E-state index contributed by atoms with van der Waals surface area (Å²) in [6, 6.07) is 1.51. The van der Waals surface area contributed by atoms with Gasteiger partial charge in [0.15, 0.2) is 0 Å². The van der Waals surface area contributed by atoms with Gasteiger partial charge < -0.3 is 20.1 Å². The number of aliphatic hydroxyl groups excluding tert-OH is 1. The second-order valence-corrected chi connectivity index (χ2v) is 4.14. The number of aliphatic hydroxyl groups is 1. The van der Waals surface area contributed by atoms with E-state index in [1.54, 1.807) is 0 Å². The Labute approximate surface area is 99.8 Å². The molecule has 1 aromatic rings. The van der Waals surface area contributed by atoms with Crippen molar-refractivity contribution in [1.29, 1.82) is 0 Å². The highest BCUT2D eigenvalue weighted by Gasteiger charge is 2.35. The zero-order valence-corrected chi connectivity index (χ0v) is 10.2. The van der Waals surface area contributed by atoms with E-state index in [0.29, 0.717) is 6.42 Å². The Kier molecular flexibility index (Phi) is 3.73. The summed E-state index contributed by atoms with van der Waals surface area (Å²) in [5.74, 6) is 0.162. The summed E-state index contributed by atoms with van der Waals surface area (Å²) >= 11 is 0. The van der Waals surface area contributed by atoms with E-state index in [1.807, 2.05) is 0 Å². The molecule has 94 valence electrons. The second kappa shape index (κ2) is 5.10. The minimum atomic E-state index is -0.662. The predicted octanol–water partition coefficient (Wildman–Crippen LogP) is -0.719. The van der Waals surface area contributed by atoms with Crippen LogP contribution in [0.3, 0.4) is 0 Å². The highest BCUT2D eigenvalue weighted by molar-refractivity contribution is 7.09. The van der Waals surface area contributed by atoms with Crippen molar-refractivity contribution < 1.29 is 14.4 Å². The van der Waals surface area contributed by atoms with E-state index in [2.05, 4.69) is 14.5 Å². The zero-order valence-electron chi connectivity index (χ0n) is 9.02. The van der Waals surface area contributed by atoms with Crippen molar-refractivity contribution in [3.63, 3.8) is 0 Å². The first-order chi connectivity index (χ1) is 8.11. The van der Waals surface area contributed by atoms with Crippen molar-refractivity contribution in [2.75, 3.05) is 12.3 Å². The van der Waals surface area contributed by atoms with Crippen LogP contribution < -0.4 is 11.4 Å². The summed E-state index contributed by atoms with van der Waals surface area (Å²) in [7, 11) is 2.09. The minimum Gasteiger partial charge on any atom is -0.390 e. The molecule has 7 nitrogen and oxygen atoms in total. The molecule has 0 radical (unpaired) electrons. The number of rotatable bonds is 3. The first kappa shape index (κ1) is 12.4. The Morgan fingerprint density at radius 1 is 1.76 bits per heavy atom. The van der Waals surface area contributed by atoms with E-state index in [0.717, 1.165) is 0 Å². The molecule has 0 spiro atoms. The van der Waals surface area contributed by atoms with Gasteiger partial charge in [0.25, 0.3) is 0 Å². The number of anilines is 1. The third kappa shape index (κ3) is 2.63. The molecule has 1 saturated heterocycles. The Bertz CT molecular complexity index is 452. The molecule has 2 rings (SSSR count). The fourth-order valence-electron chi connectivity index (χ4n) is 1.78.